The summed E-state index contributed by atoms with van der Waals surface area (Å²) in [6, 6.07) is 0. The Morgan fingerprint density at radius 1 is 1.46 bits per heavy atom. The van der Waals surface area contributed by atoms with Crippen LogP contribution in [-0.2, 0) is 4.74 Å². The summed E-state index contributed by atoms with van der Waals surface area (Å²) in [5.74, 6) is 0.183. The van der Waals surface area contributed by atoms with E-state index in [4.69, 9.17) is 15.9 Å². The van der Waals surface area contributed by atoms with Gasteiger partial charge in [-0.05, 0) is 26.7 Å². The summed E-state index contributed by atoms with van der Waals surface area (Å²) in [7, 11) is 0. The van der Waals surface area contributed by atoms with Crippen LogP contribution in [0, 0.1) is 5.41 Å². The fraction of sp³-hybridized carbons (Fsp3) is 0.889. The lowest BCUT2D eigenvalue weighted by atomic mass is 10.1. The lowest BCUT2D eigenvalue weighted by Gasteiger charge is -2.32. The molecule has 13 heavy (non-hydrogen) atoms. The largest absolute Gasteiger partial charge is 0.375 e. The summed E-state index contributed by atoms with van der Waals surface area (Å²) in [4.78, 5) is 1.89. The van der Waals surface area contributed by atoms with Crippen LogP contribution in [0.5, 0.6) is 0 Å². The van der Waals surface area contributed by atoms with Crippen molar-refractivity contribution >= 4 is 5.96 Å². The van der Waals surface area contributed by atoms with Crippen molar-refractivity contribution in [1.82, 2.24) is 4.90 Å². The maximum Gasteiger partial charge on any atom is 0.188 e. The van der Waals surface area contributed by atoms with Crippen molar-refractivity contribution in [3.05, 3.63) is 0 Å². The van der Waals surface area contributed by atoms with E-state index in [2.05, 4.69) is 13.8 Å². The van der Waals surface area contributed by atoms with E-state index in [-0.39, 0.29) is 5.96 Å². The van der Waals surface area contributed by atoms with Crippen LogP contribution in [0.1, 0.15) is 26.7 Å². The molecule has 0 aromatic rings. The van der Waals surface area contributed by atoms with Gasteiger partial charge in [-0.25, -0.2) is 0 Å². The number of guanidine groups is 1. The first-order valence-corrected chi connectivity index (χ1v) is 4.84. The molecule has 0 aliphatic carbocycles. The zero-order valence-corrected chi connectivity index (χ0v) is 8.42. The molecule has 0 amide bonds. The Kier molecular flexibility index (Phi) is 3.54. The minimum absolute atomic E-state index is 0.183. The van der Waals surface area contributed by atoms with Gasteiger partial charge in [-0.2, -0.15) is 0 Å². The quantitative estimate of drug-likeness (QED) is 0.493. The van der Waals surface area contributed by atoms with Crippen LogP contribution in [0.25, 0.3) is 0 Å². The van der Waals surface area contributed by atoms with Crippen molar-refractivity contribution < 1.29 is 4.74 Å². The molecule has 4 nitrogen and oxygen atoms in total. The van der Waals surface area contributed by atoms with E-state index in [1.807, 2.05) is 4.90 Å². The van der Waals surface area contributed by atoms with E-state index >= 15 is 0 Å². The van der Waals surface area contributed by atoms with Gasteiger partial charge in [0.2, 0.25) is 0 Å². The van der Waals surface area contributed by atoms with Crippen molar-refractivity contribution in [2.45, 2.75) is 38.9 Å². The van der Waals surface area contributed by atoms with Crippen molar-refractivity contribution in [3.63, 3.8) is 0 Å². The average Bonchev–Trinajstić information content (AvgIpc) is 2.04. The summed E-state index contributed by atoms with van der Waals surface area (Å²) in [6.07, 6.45) is 2.62. The van der Waals surface area contributed by atoms with Crippen LogP contribution >= 0.6 is 0 Å². The highest BCUT2D eigenvalue weighted by Gasteiger charge is 2.20. The van der Waals surface area contributed by atoms with Crippen molar-refractivity contribution in [2.75, 3.05) is 13.1 Å². The highest BCUT2D eigenvalue weighted by molar-refractivity contribution is 5.74. The van der Waals surface area contributed by atoms with Gasteiger partial charge in [0, 0.05) is 13.1 Å². The monoisotopic (exact) mass is 185 g/mol. The minimum atomic E-state index is 0.183. The maximum absolute atomic E-state index is 7.26. The number of hydrogen-bond donors (Lipinski definition) is 2. The Balaban J connectivity index is 2.26. The van der Waals surface area contributed by atoms with Crippen LogP contribution in [-0.4, -0.2) is 36.2 Å². The maximum atomic E-state index is 7.26. The molecule has 0 radical (unpaired) electrons. The number of likely N-dealkylation sites (tertiary alicyclic amines) is 1. The Hall–Kier alpha value is -0.770. The van der Waals surface area contributed by atoms with Gasteiger partial charge >= 0.3 is 0 Å². The van der Waals surface area contributed by atoms with Crippen molar-refractivity contribution in [3.8, 4) is 0 Å². The highest BCUT2D eigenvalue weighted by atomic mass is 16.5. The zero-order chi connectivity index (χ0) is 9.84. The lowest BCUT2D eigenvalue weighted by Crippen LogP contribution is -2.44. The smallest absolute Gasteiger partial charge is 0.188 e. The molecular weight excluding hydrogens is 166 g/mol. The number of rotatable bonds is 2. The van der Waals surface area contributed by atoms with Gasteiger partial charge < -0.3 is 15.4 Å². The number of nitrogens with one attached hydrogen (secondary N) is 1. The predicted octanol–water partition coefficient (Wildman–Crippen LogP) is 0.769. The molecule has 76 valence electrons. The molecule has 0 atom stereocenters. The normalized spacial score (nSPS) is 19.5. The molecular formula is C9H19N3O. The van der Waals surface area contributed by atoms with Gasteiger partial charge in [0.25, 0.3) is 0 Å². The van der Waals surface area contributed by atoms with E-state index < -0.39 is 0 Å². The molecule has 4 heteroatoms. The molecule has 3 N–H and O–H groups in total. The molecule has 1 heterocycles. The molecule has 0 unspecified atom stereocenters. The zero-order valence-electron chi connectivity index (χ0n) is 8.42. The predicted molar refractivity (Wildman–Crippen MR) is 52.7 cm³/mol. The van der Waals surface area contributed by atoms with E-state index in [1.54, 1.807) is 0 Å². The number of piperidine rings is 1. The molecule has 1 saturated heterocycles. The second-order valence-electron chi connectivity index (χ2n) is 3.76. The fourth-order valence-corrected chi connectivity index (χ4v) is 1.62. The third kappa shape index (κ3) is 3.22. The SMILES string of the molecule is CC(C)OC1CCN(C(=N)N)CC1. The molecule has 0 aromatic heterocycles. The Bertz CT molecular complexity index is 174. The van der Waals surface area contributed by atoms with Crippen molar-refractivity contribution in [1.29, 1.82) is 5.41 Å². The van der Waals surface area contributed by atoms with E-state index in [0.29, 0.717) is 12.2 Å². The van der Waals surface area contributed by atoms with Gasteiger partial charge in [-0.3, -0.25) is 5.41 Å². The number of nitrogens with two attached hydrogens (primary N) is 1. The number of nitrogens with zero attached hydrogens (tertiary/aromatic N) is 1. The van der Waals surface area contributed by atoms with E-state index in [9.17, 15) is 0 Å². The van der Waals surface area contributed by atoms with E-state index in [0.717, 1.165) is 25.9 Å². The first-order chi connectivity index (χ1) is 6.09. The molecule has 1 aliphatic heterocycles. The minimum Gasteiger partial charge on any atom is -0.375 e. The number of hydrogen-bond acceptors (Lipinski definition) is 2. The summed E-state index contributed by atoms with van der Waals surface area (Å²) in [5.41, 5.74) is 5.38. The summed E-state index contributed by atoms with van der Waals surface area (Å²) >= 11 is 0. The van der Waals surface area contributed by atoms with Crippen LogP contribution < -0.4 is 5.73 Å². The van der Waals surface area contributed by atoms with Gasteiger partial charge in [-0.15, -0.1) is 0 Å². The van der Waals surface area contributed by atoms with Crippen LogP contribution in [0.15, 0.2) is 0 Å². The fourth-order valence-electron chi connectivity index (χ4n) is 1.62. The Morgan fingerprint density at radius 3 is 2.38 bits per heavy atom. The molecule has 0 bridgehead atoms. The summed E-state index contributed by atoms with van der Waals surface area (Å²) in [6.45, 7) is 5.81. The molecule has 0 aromatic carbocycles. The van der Waals surface area contributed by atoms with Crippen LogP contribution in [0.4, 0.5) is 0 Å². The summed E-state index contributed by atoms with van der Waals surface area (Å²) < 4.78 is 5.68. The third-order valence-corrected chi connectivity index (χ3v) is 2.25. The first kappa shape index (κ1) is 10.3. The second-order valence-corrected chi connectivity index (χ2v) is 3.76. The Morgan fingerprint density at radius 2 is 2.00 bits per heavy atom. The number of ether oxygens (including phenoxy) is 1. The van der Waals surface area contributed by atoms with Crippen molar-refractivity contribution in [2.24, 2.45) is 5.73 Å². The highest BCUT2D eigenvalue weighted by Crippen LogP contribution is 2.14. The Labute approximate surface area is 79.6 Å². The standard InChI is InChI=1S/C9H19N3O/c1-7(2)13-8-3-5-12(6-4-8)9(10)11/h7-8H,3-6H2,1-2H3,(H3,10,11). The van der Waals surface area contributed by atoms with E-state index in [1.165, 1.54) is 0 Å². The van der Waals surface area contributed by atoms with Gasteiger partial charge in [0.1, 0.15) is 0 Å². The van der Waals surface area contributed by atoms with Gasteiger partial charge in [0.05, 0.1) is 12.2 Å². The molecule has 0 spiro atoms. The lowest BCUT2D eigenvalue weighted by molar-refractivity contribution is -0.0185. The second kappa shape index (κ2) is 4.46. The first-order valence-electron chi connectivity index (χ1n) is 4.84. The average molecular weight is 185 g/mol. The topological polar surface area (TPSA) is 62.3 Å². The summed E-state index contributed by atoms with van der Waals surface area (Å²) in [5, 5.41) is 7.26. The molecule has 1 fully saturated rings. The molecule has 1 aliphatic rings. The molecule has 1 rings (SSSR count). The van der Waals surface area contributed by atoms with Gasteiger partial charge in [-0.1, -0.05) is 0 Å². The third-order valence-electron chi connectivity index (χ3n) is 2.25. The molecule has 0 saturated carbocycles. The van der Waals surface area contributed by atoms with Crippen LogP contribution in [0.2, 0.25) is 0 Å². The van der Waals surface area contributed by atoms with Crippen LogP contribution in [0.3, 0.4) is 0 Å². The van der Waals surface area contributed by atoms with Gasteiger partial charge in [0.15, 0.2) is 5.96 Å².